The van der Waals surface area contributed by atoms with Gasteiger partial charge in [0.1, 0.15) is 5.75 Å². The number of ether oxygens (including phenoxy) is 3. The summed E-state index contributed by atoms with van der Waals surface area (Å²) in [4.78, 5) is 25.2. The van der Waals surface area contributed by atoms with E-state index in [4.69, 9.17) is 14.2 Å². The van der Waals surface area contributed by atoms with Crippen LogP contribution >= 0.6 is 0 Å². The molecule has 4 aliphatic carbocycles. The van der Waals surface area contributed by atoms with Crippen molar-refractivity contribution in [2.24, 2.45) is 22.9 Å². The smallest absolute Gasteiger partial charge is 0.277 e. The first-order valence-corrected chi connectivity index (χ1v) is 16.7. The molecule has 47 heavy (non-hydrogen) atoms. The van der Waals surface area contributed by atoms with Crippen LogP contribution in [0.25, 0.3) is 10.8 Å². The molecule has 0 aliphatic heterocycles. The summed E-state index contributed by atoms with van der Waals surface area (Å²) in [6.45, 7) is 1.97. The first-order valence-electron chi connectivity index (χ1n) is 16.7. The molecule has 8 rings (SSSR count). The molecule has 8 nitrogen and oxygen atoms in total. The summed E-state index contributed by atoms with van der Waals surface area (Å²) in [6.07, 6.45) is 9.76. The Labute approximate surface area is 275 Å². The molecule has 4 aliphatic rings. The number of hydrogen-bond acceptors (Lipinski definition) is 6. The van der Waals surface area contributed by atoms with Crippen LogP contribution in [0, 0.1) is 17.8 Å². The molecular formula is C39H41N3O5. The van der Waals surface area contributed by atoms with Crippen molar-refractivity contribution >= 4 is 34.5 Å². The Kier molecular flexibility index (Phi) is 8.83. The fourth-order valence-corrected chi connectivity index (χ4v) is 8.38. The first kappa shape index (κ1) is 30.8. The minimum absolute atomic E-state index is 0.156. The van der Waals surface area contributed by atoms with E-state index in [1.54, 1.807) is 18.2 Å². The zero-order valence-corrected chi connectivity index (χ0v) is 26.7. The van der Waals surface area contributed by atoms with Crippen LogP contribution in [-0.2, 0) is 15.0 Å². The van der Waals surface area contributed by atoms with Crippen molar-refractivity contribution in [2.45, 2.75) is 50.9 Å². The molecule has 4 saturated carbocycles. The Hall–Kier alpha value is -4.85. The van der Waals surface area contributed by atoms with E-state index in [1.165, 1.54) is 50.3 Å². The van der Waals surface area contributed by atoms with E-state index in [1.807, 2.05) is 61.5 Å². The Morgan fingerprint density at radius 3 is 2.19 bits per heavy atom. The highest BCUT2D eigenvalue weighted by molar-refractivity contribution is 5.92. The topological polar surface area (TPSA) is 98.2 Å². The zero-order chi connectivity index (χ0) is 32.2. The fraction of sp³-hybridized carbons (Fsp3) is 0.359. The molecular weight excluding hydrogens is 590 g/mol. The third-order valence-corrected chi connectivity index (χ3v) is 9.96. The molecule has 0 unspecified atom stereocenters. The van der Waals surface area contributed by atoms with Gasteiger partial charge >= 0.3 is 0 Å². The molecule has 8 heteroatoms. The fourth-order valence-electron chi connectivity index (χ4n) is 8.38. The van der Waals surface area contributed by atoms with E-state index in [0.29, 0.717) is 34.8 Å². The number of hydrazone groups is 1. The van der Waals surface area contributed by atoms with Gasteiger partial charge in [0.05, 0.1) is 12.8 Å². The summed E-state index contributed by atoms with van der Waals surface area (Å²) in [6, 6.07) is 27.3. The minimum atomic E-state index is -0.382. The normalized spacial score (nSPS) is 22.7. The number of nitrogens with zero attached hydrogens (tertiary/aromatic N) is 1. The van der Waals surface area contributed by atoms with Gasteiger partial charge in [-0.25, -0.2) is 5.43 Å². The van der Waals surface area contributed by atoms with Crippen LogP contribution in [0.1, 0.15) is 56.6 Å². The SMILES string of the molecule is CCOc1cc(/C=N/NC(=O)COc2cccc3ccccc23)ccc1OCC(=O)Nc1ccc(C23CC4CC(CC(C4)C2)C3)cc1. The highest BCUT2D eigenvalue weighted by Crippen LogP contribution is 2.60. The van der Waals surface area contributed by atoms with Gasteiger partial charge in [0.15, 0.2) is 24.7 Å². The van der Waals surface area contributed by atoms with E-state index >= 15 is 0 Å². The molecule has 242 valence electrons. The Morgan fingerprint density at radius 1 is 0.766 bits per heavy atom. The second kappa shape index (κ2) is 13.5. The summed E-state index contributed by atoms with van der Waals surface area (Å²) < 4.78 is 17.3. The first-order chi connectivity index (χ1) is 23.0. The molecule has 4 aromatic carbocycles. The van der Waals surface area contributed by atoms with Crippen molar-refractivity contribution in [3.63, 3.8) is 0 Å². The average Bonchev–Trinajstić information content (AvgIpc) is 3.07. The van der Waals surface area contributed by atoms with Gasteiger partial charge in [-0.05, 0) is 122 Å². The number of hydrogen-bond donors (Lipinski definition) is 2. The maximum Gasteiger partial charge on any atom is 0.277 e. The largest absolute Gasteiger partial charge is 0.490 e. The third kappa shape index (κ3) is 6.97. The quantitative estimate of drug-likeness (QED) is 0.127. The van der Waals surface area contributed by atoms with Crippen molar-refractivity contribution in [1.82, 2.24) is 5.43 Å². The van der Waals surface area contributed by atoms with Crippen LogP contribution in [0.3, 0.4) is 0 Å². The van der Waals surface area contributed by atoms with Gasteiger partial charge in [-0.2, -0.15) is 5.10 Å². The molecule has 0 radical (unpaired) electrons. The third-order valence-electron chi connectivity index (χ3n) is 9.96. The maximum atomic E-state index is 12.8. The molecule has 0 aromatic heterocycles. The lowest BCUT2D eigenvalue weighted by Crippen LogP contribution is -2.48. The number of amides is 2. The number of nitrogens with one attached hydrogen (secondary N) is 2. The molecule has 4 bridgehead atoms. The monoisotopic (exact) mass is 631 g/mol. The predicted octanol–water partition coefficient (Wildman–Crippen LogP) is 7.25. The highest BCUT2D eigenvalue weighted by Gasteiger charge is 2.51. The number of rotatable bonds is 12. The van der Waals surface area contributed by atoms with Gasteiger partial charge in [0, 0.05) is 11.1 Å². The van der Waals surface area contributed by atoms with Gasteiger partial charge in [0.2, 0.25) is 0 Å². The lowest BCUT2D eigenvalue weighted by atomic mass is 9.48. The summed E-state index contributed by atoms with van der Waals surface area (Å²) in [7, 11) is 0. The van der Waals surface area contributed by atoms with E-state index < -0.39 is 0 Å². The van der Waals surface area contributed by atoms with E-state index in [-0.39, 0.29) is 25.0 Å². The number of carbonyl (C=O) groups excluding carboxylic acids is 2. The number of fused-ring (bicyclic) bond motifs is 1. The van der Waals surface area contributed by atoms with Gasteiger partial charge in [-0.15, -0.1) is 0 Å². The molecule has 0 atom stereocenters. The molecule has 2 amide bonds. The van der Waals surface area contributed by atoms with E-state index in [9.17, 15) is 9.59 Å². The highest BCUT2D eigenvalue weighted by atomic mass is 16.5. The van der Waals surface area contributed by atoms with Crippen LogP contribution in [0.4, 0.5) is 5.69 Å². The summed E-state index contributed by atoms with van der Waals surface area (Å²) in [5, 5.41) is 9.01. The molecule has 0 spiro atoms. The molecule has 4 fully saturated rings. The molecule has 4 aromatic rings. The summed E-state index contributed by atoms with van der Waals surface area (Å²) in [5.74, 6) is 3.63. The van der Waals surface area contributed by atoms with Crippen LogP contribution in [-0.4, -0.2) is 37.8 Å². The van der Waals surface area contributed by atoms with Gasteiger partial charge in [-0.1, -0.05) is 48.5 Å². The van der Waals surface area contributed by atoms with Crippen molar-refractivity contribution < 1.29 is 23.8 Å². The van der Waals surface area contributed by atoms with Gasteiger partial charge in [0.25, 0.3) is 11.8 Å². The number of benzene rings is 4. The standard InChI is InChI=1S/C39H41N3O5/c1-2-45-36-19-26(23-40-42-38(44)25-46-34-9-5-7-30-6-3-4-8-33(30)34)10-15-35(36)47-24-37(43)41-32-13-11-31(12-14-32)39-20-27-16-28(21-39)18-29(17-27)22-39/h3-15,19,23,27-29H,2,16-18,20-22,24-25H2,1H3,(H,41,43)(H,42,44)/b40-23+. The van der Waals surface area contributed by atoms with Crippen LogP contribution in [0.5, 0.6) is 17.2 Å². The molecule has 2 N–H and O–H groups in total. The Bertz CT molecular complexity index is 1740. The zero-order valence-electron chi connectivity index (χ0n) is 26.7. The van der Waals surface area contributed by atoms with Crippen molar-refractivity contribution in [1.29, 1.82) is 0 Å². The van der Waals surface area contributed by atoms with Crippen LogP contribution in [0.15, 0.2) is 90.0 Å². The summed E-state index contributed by atoms with van der Waals surface area (Å²) in [5.41, 5.74) is 5.73. The van der Waals surface area contributed by atoms with Gasteiger partial charge < -0.3 is 19.5 Å². The van der Waals surface area contributed by atoms with Crippen molar-refractivity contribution in [3.8, 4) is 17.2 Å². The lowest BCUT2D eigenvalue weighted by Gasteiger charge is -2.57. The minimum Gasteiger partial charge on any atom is -0.490 e. The maximum absolute atomic E-state index is 12.8. The second-order valence-electron chi connectivity index (χ2n) is 13.3. The van der Waals surface area contributed by atoms with Gasteiger partial charge in [-0.3, -0.25) is 9.59 Å². The number of carbonyl (C=O) groups is 2. The molecule has 0 saturated heterocycles. The van der Waals surface area contributed by atoms with Crippen LogP contribution < -0.4 is 25.0 Å². The molecule has 0 heterocycles. The summed E-state index contributed by atoms with van der Waals surface area (Å²) >= 11 is 0. The Balaban J connectivity index is 0.901. The van der Waals surface area contributed by atoms with Crippen LogP contribution in [0.2, 0.25) is 0 Å². The van der Waals surface area contributed by atoms with E-state index in [0.717, 1.165) is 34.2 Å². The Morgan fingerprint density at radius 2 is 1.45 bits per heavy atom. The van der Waals surface area contributed by atoms with Crippen molar-refractivity contribution in [2.75, 3.05) is 25.1 Å². The lowest BCUT2D eigenvalue weighted by molar-refractivity contribution is -0.123. The average molecular weight is 632 g/mol. The van der Waals surface area contributed by atoms with Crippen molar-refractivity contribution in [3.05, 3.63) is 96.1 Å². The number of anilines is 1. The second-order valence-corrected chi connectivity index (χ2v) is 13.3. The van der Waals surface area contributed by atoms with E-state index in [2.05, 4.69) is 28.0 Å². The predicted molar refractivity (Wildman–Crippen MR) is 183 cm³/mol.